The molecule has 2 nitrogen and oxygen atoms in total. The second-order valence-electron chi connectivity index (χ2n) is 3.91. The van der Waals surface area contributed by atoms with Gasteiger partial charge in [0.15, 0.2) is 0 Å². The van der Waals surface area contributed by atoms with E-state index in [0.717, 1.165) is 12.3 Å². The molecule has 0 amide bonds. The lowest BCUT2D eigenvalue weighted by molar-refractivity contribution is 0.452. The van der Waals surface area contributed by atoms with Gasteiger partial charge < -0.3 is 9.73 Å². The van der Waals surface area contributed by atoms with Crippen molar-refractivity contribution in [1.82, 2.24) is 5.32 Å². The van der Waals surface area contributed by atoms with Crippen LogP contribution in [0.15, 0.2) is 28.9 Å². The zero-order chi connectivity index (χ0) is 11.5. The number of thiophene rings is 1. The van der Waals surface area contributed by atoms with Crippen molar-refractivity contribution >= 4 is 11.3 Å². The topological polar surface area (TPSA) is 25.2 Å². The molecule has 2 rings (SSSR count). The molecule has 0 saturated heterocycles. The maximum Gasteiger partial charge on any atom is 0.128 e. The fourth-order valence-electron chi connectivity index (χ4n) is 1.82. The summed E-state index contributed by atoms with van der Waals surface area (Å²) >= 11 is 1.82. The first-order valence-electron chi connectivity index (χ1n) is 5.56. The molecular formula is C13H17NOS. The fraction of sp³-hybridized carbons (Fsp3) is 0.385. The third kappa shape index (κ3) is 2.20. The fourth-order valence-corrected chi connectivity index (χ4v) is 2.77. The molecule has 0 spiro atoms. The third-order valence-corrected chi connectivity index (χ3v) is 3.68. The van der Waals surface area contributed by atoms with Gasteiger partial charge in [-0.25, -0.2) is 0 Å². The lowest BCUT2D eigenvalue weighted by Crippen LogP contribution is -2.21. The summed E-state index contributed by atoms with van der Waals surface area (Å²) in [5.41, 5.74) is 1.21. The Morgan fingerprint density at radius 2 is 2.12 bits per heavy atom. The van der Waals surface area contributed by atoms with E-state index < -0.39 is 0 Å². The van der Waals surface area contributed by atoms with Gasteiger partial charge in [0.25, 0.3) is 0 Å². The van der Waals surface area contributed by atoms with Crippen molar-refractivity contribution in [3.8, 4) is 0 Å². The Hall–Kier alpha value is -1.06. The number of hydrogen-bond acceptors (Lipinski definition) is 3. The van der Waals surface area contributed by atoms with E-state index in [4.69, 9.17) is 4.42 Å². The highest BCUT2D eigenvalue weighted by Gasteiger charge is 2.19. The van der Waals surface area contributed by atoms with Crippen molar-refractivity contribution in [3.05, 3.63) is 45.5 Å². The second kappa shape index (κ2) is 4.85. The minimum Gasteiger partial charge on any atom is -0.467 e. The van der Waals surface area contributed by atoms with E-state index in [1.807, 2.05) is 17.4 Å². The molecule has 2 heterocycles. The average molecular weight is 235 g/mol. The molecule has 0 aliphatic heterocycles. The molecule has 3 heteroatoms. The molecule has 0 radical (unpaired) electrons. The summed E-state index contributed by atoms with van der Waals surface area (Å²) in [4.78, 5) is 2.65. The van der Waals surface area contributed by atoms with Gasteiger partial charge in [0.05, 0.1) is 6.26 Å². The van der Waals surface area contributed by atoms with Gasteiger partial charge in [-0.15, -0.1) is 11.3 Å². The van der Waals surface area contributed by atoms with E-state index in [-0.39, 0.29) is 6.04 Å². The molecule has 1 atom stereocenters. The normalized spacial score (nSPS) is 12.9. The summed E-state index contributed by atoms with van der Waals surface area (Å²) in [6.45, 7) is 7.27. The first kappa shape index (κ1) is 11.4. The highest BCUT2D eigenvalue weighted by molar-refractivity contribution is 7.12. The minimum atomic E-state index is 0.193. The predicted molar refractivity (Wildman–Crippen MR) is 68.0 cm³/mol. The van der Waals surface area contributed by atoms with Crippen molar-refractivity contribution in [3.63, 3.8) is 0 Å². The molecule has 0 aliphatic rings. The summed E-state index contributed by atoms with van der Waals surface area (Å²) in [6.07, 6.45) is 1.76. The monoisotopic (exact) mass is 235 g/mol. The van der Waals surface area contributed by atoms with E-state index in [1.165, 1.54) is 15.3 Å². The predicted octanol–water partition coefficient (Wildman–Crippen LogP) is 3.66. The zero-order valence-electron chi connectivity index (χ0n) is 9.91. The van der Waals surface area contributed by atoms with Gasteiger partial charge in [-0.1, -0.05) is 6.92 Å². The zero-order valence-corrected chi connectivity index (χ0v) is 10.7. The van der Waals surface area contributed by atoms with Crippen LogP contribution in [0.5, 0.6) is 0 Å². The first-order valence-corrected chi connectivity index (χ1v) is 6.37. The Morgan fingerprint density at radius 3 is 2.62 bits per heavy atom. The van der Waals surface area contributed by atoms with Crippen LogP contribution >= 0.6 is 11.3 Å². The van der Waals surface area contributed by atoms with Gasteiger partial charge in [0, 0.05) is 9.75 Å². The van der Waals surface area contributed by atoms with Crippen LogP contribution in [-0.2, 0) is 0 Å². The van der Waals surface area contributed by atoms with Crippen molar-refractivity contribution in [2.75, 3.05) is 6.54 Å². The molecule has 0 aromatic carbocycles. The third-order valence-electron chi connectivity index (χ3n) is 2.62. The molecule has 0 fully saturated rings. The van der Waals surface area contributed by atoms with Crippen LogP contribution in [0.2, 0.25) is 0 Å². The summed E-state index contributed by atoms with van der Waals surface area (Å²) in [5, 5.41) is 3.47. The Morgan fingerprint density at radius 1 is 1.31 bits per heavy atom. The van der Waals surface area contributed by atoms with Crippen molar-refractivity contribution < 1.29 is 4.42 Å². The standard InChI is InChI=1S/C13H17NOS/c1-4-14-12(11-6-5-10(3)16-11)13-9(2)7-8-15-13/h5-8,12,14H,4H2,1-3H3. The first-order chi connectivity index (χ1) is 7.72. The van der Waals surface area contributed by atoms with E-state index in [2.05, 4.69) is 38.2 Å². The summed E-state index contributed by atoms with van der Waals surface area (Å²) < 4.78 is 5.59. The van der Waals surface area contributed by atoms with Crippen LogP contribution in [0.25, 0.3) is 0 Å². The van der Waals surface area contributed by atoms with Crippen LogP contribution in [0.3, 0.4) is 0 Å². The minimum absolute atomic E-state index is 0.193. The van der Waals surface area contributed by atoms with Crippen LogP contribution in [0.1, 0.15) is 34.0 Å². The Labute approximate surface area is 100 Å². The van der Waals surface area contributed by atoms with Crippen LogP contribution in [0.4, 0.5) is 0 Å². The second-order valence-corrected chi connectivity index (χ2v) is 5.23. The van der Waals surface area contributed by atoms with Crippen molar-refractivity contribution in [2.45, 2.75) is 26.8 Å². The van der Waals surface area contributed by atoms with Gasteiger partial charge in [-0.05, 0) is 44.2 Å². The summed E-state index contributed by atoms with van der Waals surface area (Å²) in [7, 11) is 0. The van der Waals surface area contributed by atoms with Crippen LogP contribution < -0.4 is 5.32 Å². The summed E-state index contributed by atoms with van der Waals surface area (Å²) in [5.74, 6) is 1.03. The number of rotatable bonds is 4. The Kier molecular flexibility index (Phi) is 3.46. The molecule has 2 aromatic rings. The van der Waals surface area contributed by atoms with E-state index in [1.54, 1.807) is 6.26 Å². The number of hydrogen-bond donors (Lipinski definition) is 1. The van der Waals surface area contributed by atoms with Gasteiger partial charge in [0.1, 0.15) is 11.8 Å². The molecule has 0 bridgehead atoms. The number of furan rings is 1. The van der Waals surface area contributed by atoms with E-state index >= 15 is 0 Å². The molecule has 0 saturated carbocycles. The SMILES string of the molecule is CCNC(c1ccc(C)s1)c1occc1C. The molecule has 0 aliphatic carbocycles. The lowest BCUT2D eigenvalue weighted by Gasteiger charge is -2.14. The maximum atomic E-state index is 5.59. The van der Waals surface area contributed by atoms with Gasteiger partial charge >= 0.3 is 0 Å². The van der Waals surface area contributed by atoms with Gasteiger partial charge in [-0.2, -0.15) is 0 Å². The van der Waals surface area contributed by atoms with E-state index in [9.17, 15) is 0 Å². The average Bonchev–Trinajstić information content (AvgIpc) is 2.84. The van der Waals surface area contributed by atoms with Crippen LogP contribution in [-0.4, -0.2) is 6.54 Å². The molecule has 86 valence electrons. The largest absolute Gasteiger partial charge is 0.467 e. The Bertz CT molecular complexity index is 458. The van der Waals surface area contributed by atoms with Gasteiger partial charge in [-0.3, -0.25) is 0 Å². The Balaban J connectivity index is 2.34. The number of nitrogens with one attached hydrogen (secondary N) is 1. The molecule has 1 unspecified atom stereocenters. The van der Waals surface area contributed by atoms with E-state index in [0.29, 0.717) is 0 Å². The maximum absolute atomic E-state index is 5.59. The highest BCUT2D eigenvalue weighted by atomic mass is 32.1. The molecule has 1 N–H and O–H groups in total. The lowest BCUT2D eigenvalue weighted by atomic mass is 10.1. The number of aryl methyl sites for hydroxylation is 2. The van der Waals surface area contributed by atoms with Gasteiger partial charge in [0.2, 0.25) is 0 Å². The van der Waals surface area contributed by atoms with Crippen molar-refractivity contribution in [1.29, 1.82) is 0 Å². The molecule has 16 heavy (non-hydrogen) atoms. The molecular weight excluding hydrogens is 218 g/mol. The summed E-state index contributed by atoms with van der Waals surface area (Å²) in [6, 6.07) is 6.54. The molecule has 2 aromatic heterocycles. The van der Waals surface area contributed by atoms with Crippen molar-refractivity contribution in [2.24, 2.45) is 0 Å². The highest BCUT2D eigenvalue weighted by Crippen LogP contribution is 2.30. The smallest absolute Gasteiger partial charge is 0.128 e. The quantitative estimate of drug-likeness (QED) is 0.875. The van der Waals surface area contributed by atoms with Crippen LogP contribution in [0, 0.1) is 13.8 Å².